The summed E-state index contributed by atoms with van der Waals surface area (Å²) in [5.41, 5.74) is 7.51. The summed E-state index contributed by atoms with van der Waals surface area (Å²) in [6, 6.07) is 8.50. The minimum Gasteiger partial charge on any atom is -0.327 e. The molecule has 0 spiro atoms. The topological polar surface area (TPSA) is 29.3 Å². The number of hydrogen-bond donors (Lipinski definition) is 1. The Morgan fingerprint density at radius 1 is 1.22 bits per heavy atom. The third kappa shape index (κ3) is 3.98. The lowest BCUT2D eigenvalue weighted by Gasteiger charge is -2.32. The van der Waals surface area contributed by atoms with Gasteiger partial charge >= 0.3 is 0 Å². The first-order valence-corrected chi connectivity index (χ1v) is 7.21. The van der Waals surface area contributed by atoms with Gasteiger partial charge in [-0.3, -0.25) is 0 Å². The van der Waals surface area contributed by atoms with E-state index in [2.05, 4.69) is 24.1 Å². The van der Waals surface area contributed by atoms with Crippen LogP contribution in [0.5, 0.6) is 0 Å². The average Bonchev–Trinajstić information content (AvgIpc) is 2.35. The molecule has 0 radical (unpaired) electrons. The largest absolute Gasteiger partial charge is 0.327 e. The molecule has 2 nitrogen and oxygen atoms in total. The van der Waals surface area contributed by atoms with Crippen molar-refractivity contribution in [1.29, 1.82) is 0 Å². The Kier molecular flexibility index (Phi) is 5.04. The van der Waals surface area contributed by atoms with Crippen LogP contribution in [0.2, 0.25) is 5.02 Å². The van der Waals surface area contributed by atoms with Crippen LogP contribution in [0.3, 0.4) is 0 Å². The molecule has 1 saturated carbocycles. The number of benzene rings is 1. The predicted octanol–water partition coefficient (Wildman–Crippen LogP) is 3.29. The third-order valence-electron chi connectivity index (χ3n) is 3.88. The van der Waals surface area contributed by atoms with Crippen molar-refractivity contribution in [3.8, 4) is 0 Å². The quantitative estimate of drug-likeness (QED) is 0.906. The van der Waals surface area contributed by atoms with Crippen LogP contribution in [0.15, 0.2) is 24.3 Å². The highest BCUT2D eigenvalue weighted by molar-refractivity contribution is 6.30. The van der Waals surface area contributed by atoms with Crippen LogP contribution >= 0.6 is 11.6 Å². The van der Waals surface area contributed by atoms with E-state index < -0.39 is 0 Å². The van der Waals surface area contributed by atoms with E-state index in [4.69, 9.17) is 17.3 Å². The van der Waals surface area contributed by atoms with Crippen LogP contribution in [0, 0.1) is 5.92 Å². The van der Waals surface area contributed by atoms with Crippen LogP contribution in [0.4, 0.5) is 0 Å². The molecular formula is C15H23ClN2. The van der Waals surface area contributed by atoms with E-state index in [0.717, 1.165) is 18.1 Å². The molecular weight excluding hydrogens is 244 g/mol. The predicted molar refractivity (Wildman–Crippen MR) is 77.7 cm³/mol. The van der Waals surface area contributed by atoms with Gasteiger partial charge in [0.15, 0.2) is 0 Å². The monoisotopic (exact) mass is 266 g/mol. The first-order valence-electron chi connectivity index (χ1n) is 6.83. The zero-order valence-electron chi connectivity index (χ0n) is 11.1. The molecule has 18 heavy (non-hydrogen) atoms. The van der Waals surface area contributed by atoms with Crippen molar-refractivity contribution in [3.05, 3.63) is 34.9 Å². The summed E-state index contributed by atoms with van der Waals surface area (Å²) < 4.78 is 0. The van der Waals surface area contributed by atoms with Gasteiger partial charge in [-0.05, 0) is 43.5 Å². The molecule has 0 bridgehead atoms. The Balaban J connectivity index is 1.84. The maximum absolute atomic E-state index is 6.20. The van der Waals surface area contributed by atoms with Gasteiger partial charge in [-0.1, -0.05) is 36.6 Å². The molecule has 1 aliphatic rings. The zero-order valence-corrected chi connectivity index (χ0v) is 11.9. The van der Waals surface area contributed by atoms with Gasteiger partial charge in [0.25, 0.3) is 0 Å². The number of nitrogens with two attached hydrogens (primary N) is 1. The van der Waals surface area contributed by atoms with Crippen LogP contribution < -0.4 is 5.73 Å². The molecule has 0 saturated heterocycles. The number of halogens is 1. The van der Waals surface area contributed by atoms with E-state index in [1.165, 1.54) is 31.2 Å². The van der Waals surface area contributed by atoms with E-state index in [0.29, 0.717) is 12.0 Å². The maximum Gasteiger partial charge on any atom is 0.0406 e. The second kappa shape index (κ2) is 6.55. The summed E-state index contributed by atoms with van der Waals surface area (Å²) in [5, 5.41) is 0.802. The number of rotatable bonds is 4. The fraction of sp³-hybridized carbons (Fsp3) is 0.600. The lowest BCUT2D eigenvalue weighted by atomic mass is 9.85. The SMILES string of the molecule is CN(Cc1ccc(Cl)cc1)CC1CCCCC1N. The van der Waals surface area contributed by atoms with Crippen molar-refractivity contribution in [2.24, 2.45) is 11.7 Å². The average molecular weight is 267 g/mol. The molecule has 2 atom stereocenters. The lowest BCUT2D eigenvalue weighted by molar-refractivity contribution is 0.206. The van der Waals surface area contributed by atoms with Crippen LogP contribution in [0.1, 0.15) is 31.2 Å². The van der Waals surface area contributed by atoms with Gasteiger partial charge in [-0.15, -0.1) is 0 Å². The van der Waals surface area contributed by atoms with Crippen LogP contribution in [0.25, 0.3) is 0 Å². The van der Waals surface area contributed by atoms with E-state index >= 15 is 0 Å². The van der Waals surface area contributed by atoms with Crippen molar-refractivity contribution >= 4 is 11.6 Å². The maximum atomic E-state index is 6.20. The summed E-state index contributed by atoms with van der Waals surface area (Å²) in [6.07, 6.45) is 5.12. The summed E-state index contributed by atoms with van der Waals surface area (Å²) in [6.45, 7) is 2.07. The van der Waals surface area contributed by atoms with E-state index in [1.807, 2.05) is 12.1 Å². The summed E-state index contributed by atoms with van der Waals surface area (Å²) in [7, 11) is 2.18. The number of nitrogens with zero attached hydrogens (tertiary/aromatic N) is 1. The van der Waals surface area contributed by atoms with Gasteiger partial charge < -0.3 is 10.6 Å². The van der Waals surface area contributed by atoms with E-state index in [9.17, 15) is 0 Å². The van der Waals surface area contributed by atoms with Gasteiger partial charge in [0.1, 0.15) is 0 Å². The molecule has 1 aromatic rings. The molecule has 1 fully saturated rings. The molecule has 1 aromatic carbocycles. The van der Waals surface area contributed by atoms with Gasteiger partial charge in [-0.25, -0.2) is 0 Å². The van der Waals surface area contributed by atoms with E-state index in [1.54, 1.807) is 0 Å². The molecule has 1 aliphatic carbocycles. The second-order valence-corrected chi connectivity index (χ2v) is 5.97. The highest BCUT2D eigenvalue weighted by Crippen LogP contribution is 2.24. The van der Waals surface area contributed by atoms with Crippen molar-refractivity contribution < 1.29 is 0 Å². The normalized spacial score (nSPS) is 24.4. The van der Waals surface area contributed by atoms with Crippen LogP contribution in [-0.2, 0) is 6.54 Å². The van der Waals surface area contributed by atoms with Gasteiger partial charge in [0.2, 0.25) is 0 Å². The van der Waals surface area contributed by atoms with E-state index in [-0.39, 0.29) is 0 Å². The van der Waals surface area contributed by atoms with Crippen molar-refractivity contribution in [2.45, 2.75) is 38.3 Å². The fourth-order valence-corrected chi connectivity index (χ4v) is 2.96. The second-order valence-electron chi connectivity index (χ2n) is 5.53. The molecule has 100 valence electrons. The van der Waals surface area contributed by atoms with Crippen molar-refractivity contribution in [2.75, 3.05) is 13.6 Å². The molecule has 0 aromatic heterocycles. The molecule has 0 amide bonds. The first kappa shape index (κ1) is 13.9. The van der Waals surface area contributed by atoms with Gasteiger partial charge in [-0.2, -0.15) is 0 Å². The fourth-order valence-electron chi connectivity index (χ4n) is 2.83. The summed E-state index contributed by atoms with van der Waals surface area (Å²) in [4.78, 5) is 2.37. The smallest absolute Gasteiger partial charge is 0.0406 e. The standard InChI is InChI=1S/C15H23ClN2/c1-18(10-12-6-8-14(16)9-7-12)11-13-4-2-3-5-15(13)17/h6-9,13,15H,2-5,10-11,17H2,1H3. The molecule has 0 heterocycles. The molecule has 2 rings (SSSR count). The molecule has 0 aliphatic heterocycles. The van der Waals surface area contributed by atoms with Crippen molar-refractivity contribution in [1.82, 2.24) is 4.90 Å². The number of hydrogen-bond acceptors (Lipinski definition) is 2. The highest BCUT2D eigenvalue weighted by Gasteiger charge is 2.22. The molecule has 2 N–H and O–H groups in total. The highest BCUT2D eigenvalue weighted by atomic mass is 35.5. The Morgan fingerprint density at radius 3 is 2.56 bits per heavy atom. The van der Waals surface area contributed by atoms with Gasteiger partial charge in [0.05, 0.1) is 0 Å². The lowest BCUT2D eigenvalue weighted by Crippen LogP contribution is -2.39. The first-order chi connectivity index (χ1) is 8.65. The Bertz CT molecular complexity index is 363. The Hall–Kier alpha value is -0.570. The van der Waals surface area contributed by atoms with Gasteiger partial charge in [0, 0.05) is 24.2 Å². The summed E-state index contributed by atoms with van der Waals surface area (Å²) >= 11 is 5.89. The Morgan fingerprint density at radius 2 is 1.89 bits per heavy atom. The Labute approximate surface area is 115 Å². The summed E-state index contributed by atoms with van der Waals surface area (Å²) in [5.74, 6) is 0.663. The molecule has 2 unspecified atom stereocenters. The van der Waals surface area contributed by atoms with Crippen LogP contribution in [-0.4, -0.2) is 24.5 Å². The molecule has 3 heteroatoms. The minimum atomic E-state index is 0.395. The zero-order chi connectivity index (χ0) is 13.0. The third-order valence-corrected chi connectivity index (χ3v) is 4.13. The minimum absolute atomic E-state index is 0.395. The van der Waals surface area contributed by atoms with Crippen molar-refractivity contribution in [3.63, 3.8) is 0 Å².